The molecule has 0 aromatic heterocycles. The van der Waals surface area contributed by atoms with E-state index in [2.05, 4.69) is 60.6 Å². The molecule has 4 aliphatic rings. The van der Waals surface area contributed by atoms with E-state index in [1.165, 1.54) is 17.7 Å². The molecule has 0 aliphatic carbocycles. The van der Waals surface area contributed by atoms with Crippen molar-refractivity contribution in [3.8, 4) is 5.75 Å². The molecule has 2 amide bonds. The number of carbonyl (C=O) groups is 3. The maximum absolute atomic E-state index is 12.4. The number of imide groups is 1. The van der Waals surface area contributed by atoms with Gasteiger partial charge in [0, 0.05) is 85.5 Å². The van der Waals surface area contributed by atoms with Gasteiger partial charge < -0.3 is 38.0 Å². The summed E-state index contributed by atoms with van der Waals surface area (Å²) in [7, 11) is -3.04. The predicted octanol–water partition coefficient (Wildman–Crippen LogP) is 9.02. The highest BCUT2D eigenvalue weighted by Gasteiger charge is 2.44. The Labute approximate surface area is 429 Å². The normalized spacial score (nSPS) is 17.7. The van der Waals surface area contributed by atoms with E-state index in [1.54, 1.807) is 13.2 Å². The van der Waals surface area contributed by atoms with E-state index in [-0.39, 0.29) is 29.7 Å². The minimum Gasteiger partial charge on any atom is -0.744 e. The second-order valence-corrected chi connectivity index (χ2v) is 20.6. The quantitative estimate of drug-likeness (QED) is 0.0259. The Morgan fingerprint density at radius 1 is 0.808 bits per heavy atom. The molecule has 0 N–H and O–H groups in total. The third kappa shape index (κ3) is 13.7. The van der Waals surface area contributed by atoms with Crippen LogP contribution in [0.4, 0.5) is 11.4 Å². The highest BCUT2D eigenvalue weighted by atomic mass is 32.2. The number of unbranched alkanes of at least 4 members (excludes halogenated alkanes) is 2. The molecule has 0 saturated carbocycles. The van der Waals surface area contributed by atoms with Crippen LogP contribution in [0.25, 0.3) is 16.9 Å². The van der Waals surface area contributed by atoms with Crippen LogP contribution in [0.2, 0.25) is 0 Å². The fourth-order valence-electron chi connectivity index (χ4n) is 9.48. The molecule has 3 aromatic carbocycles. The van der Waals surface area contributed by atoms with Crippen LogP contribution in [0.5, 0.6) is 5.75 Å². The molecule has 4 heterocycles. The number of rotatable bonds is 25. The van der Waals surface area contributed by atoms with Crippen LogP contribution >= 0.6 is 0 Å². The summed E-state index contributed by atoms with van der Waals surface area (Å²) in [6.45, 7) is 15.4. The number of allylic oxidation sites excluding steroid dienone is 10. The molecule has 0 radical (unpaired) electrons. The fraction of sp³-hybridized carbons (Fsp3) is 0.404. The summed E-state index contributed by atoms with van der Waals surface area (Å²) in [6.07, 6.45) is 20.1. The number of hydrogen-bond acceptors (Lipinski definition) is 13. The van der Waals surface area contributed by atoms with Crippen LogP contribution < -0.4 is 9.64 Å². The summed E-state index contributed by atoms with van der Waals surface area (Å²) in [5, 5.41) is 0.558. The predicted molar refractivity (Wildman–Crippen MR) is 279 cm³/mol. The molecule has 15 nitrogen and oxygen atoms in total. The number of fused-ring (bicyclic) bond motifs is 3. The lowest BCUT2D eigenvalue weighted by Gasteiger charge is -2.44. The first-order chi connectivity index (χ1) is 35.0. The van der Waals surface area contributed by atoms with Crippen LogP contribution in [-0.2, 0) is 53.7 Å². The van der Waals surface area contributed by atoms with Gasteiger partial charge in [0.15, 0.2) is 5.71 Å². The zero-order valence-electron chi connectivity index (χ0n) is 42.7. The van der Waals surface area contributed by atoms with E-state index in [0.717, 1.165) is 50.9 Å². The molecule has 0 bridgehead atoms. The first kappa shape index (κ1) is 54.5. The van der Waals surface area contributed by atoms with Crippen molar-refractivity contribution in [1.82, 2.24) is 5.06 Å². The lowest BCUT2D eigenvalue weighted by atomic mass is 9.81. The number of benzene rings is 3. The van der Waals surface area contributed by atoms with Crippen molar-refractivity contribution in [3.63, 3.8) is 0 Å². The molecule has 3 aromatic rings. The Kier molecular flexibility index (Phi) is 18.4. The second kappa shape index (κ2) is 24.6. The van der Waals surface area contributed by atoms with Gasteiger partial charge >= 0.3 is 5.97 Å². The van der Waals surface area contributed by atoms with E-state index >= 15 is 0 Å². The highest BCUT2D eigenvalue weighted by molar-refractivity contribution is 7.85. The smallest absolute Gasteiger partial charge is 0.333 e. The minimum absolute atomic E-state index is 0.0307. The summed E-state index contributed by atoms with van der Waals surface area (Å²) in [6, 6.07) is 18.9. The lowest BCUT2D eigenvalue weighted by molar-refractivity contribution is -0.438. The molecule has 388 valence electrons. The zero-order chi connectivity index (χ0) is 52.2. The largest absolute Gasteiger partial charge is 0.744 e. The standard InChI is InChI=1S/C57H67N3O12S/c1-41-40-56(2,3)59(28-29-68-32-33-70-35-34-69-31-30-67-6)49-39-51-46(38-45(41)49)43(36-50(71-51)42-18-13-10-14-19-42)20-12-8-7-9-15-21-52-57(4,5)47-37-44(73(64,65)66)23-24-48(47)58(52)27-17-11-16-22-55(63)72-60-53(61)25-26-54(60)62/h7-10,12-15,18-21,23-24,36-40H,11,16-17,22,25-35H2,1-6H3. The van der Waals surface area contributed by atoms with Gasteiger partial charge in [-0.1, -0.05) is 72.9 Å². The van der Waals surface area contributed by atoms with E-state index in [1.807, 2.05) is 80.6 Å². The highest BCUT2D eigenvalue weighted by Crippen LogP contribution is 2.47. The molecule has 16 heteroatoms. The number of hydroxylamine groups is 2. The number of hydrogen-bond donors (Lipinski definition) is 0. The summed E-state index contributed by atoms with van der Waals surface area (Å²) in [4.78, 5) is 43.2. The molecule has 0 unspecified atom stereocenters. The molecule has 0 atom stereocenters. The van der Waals surface area contributed by atoms with Crippen molar-refractivity contribution in [2.45, 2.75) is 89.0 Å². The van der Waals surface area contributed by atoms with E-state index in [0.29, 0.717) is 89.2 Å². The van der Waals surface area contributed by atoms with E-state index < -0.39 is 33.3 Å². The van der Waals surface area contributed by atoms with Crippen molar-refractivity contribution in [2.24, 2.45) is 0 Å². The fourth-order valence-corrected chi connectivity index (χ4v) is 9.98. The number of amides is 2. The molecule has 1 saturated heterocycles. The van der Waals surface area contributed by atoms with Gasteiger partial charge in [0.2, 0.25) is 5.69 Å². The number of carbonyl (C=O) groups excluding carboxylic acids is 3. The van der Waals surface area contributed by atoms with Crippen molar-refractivity contribution < 1.29 is 60.5 Å². The number of ether oxygens (including phenoxy) is 5. The first-order valence-electron chi connectivity index (χ1n) is 24.9. The van der Waals surface area contributed by atoms with E-state index in [9.17, 15) is 27.4 Å². The average molecular weight is 1020 g/mol. The molecule has 0 spiro atoms. The number of nitrogens with zero attached hydrogens (tertiary/aromatic N) is 3. The third-order valence-corrected chi connectivity index (χ3v) is 14.0. The summed E-state index contributed by atoms with van der Waals surface area (Å²) < 4.78 is 67.2. The van der Waals surface area contributed by atoms with Crippen molar-refractivity contribution in [2.75, 3.05) is 71.3 Å². The first-order valence-corrected chi connectivity index (χ1v) is 26.3. The van der Waals surface area contributed by atoms with Gasteiger partial charge in [-0.2, -0.15) is 4.58 Å². The van der Waals surface area contributed by atoms with Crippen molar-refractivity contribution >= 4 is 61.9 Å². The minimum atomic E-state index is -4.69. The monoisotopic (exact) mass is 1020 g/mol. The van der Waals surface area contributed by atoms with E-state index in [4.69, 9.17) is 28.5 Å². The van der Waals surface area contributed by atoms with Crippen LogP contribution in [0.3, 0.4) is 0 Å². The number of methoxy groups -OCH3 is 1. The lowest BCUT2D eigenvalue weighted by Crippen LogP contribution is -2.46. The maximum Gasteiger partial charge on any atom is 0.333 e. The Morgan fingerprint density at radius 3 is 2.18 bits per heavy atom. The van der Waals surface area contributed by atoms with Crippen LogP contribution in [0.1, 0.15) is 95.4 Å². The van der Waals surface area contributed by atoms with Gasteiger partial charge in [0.1, 0.15) is 28.2 Å². The van der Waals surface area contributed by atoms with Crippen molar-refractivity contribution in [3.05, 3.63) is 138 Å². The Balaban J connectivity index is 1.06. The average Bonchev–Trinajstić information content (AvgIpc) is 3.78. The van der Waals surface area contributed by atoms with Gasteiger partial charge in [-0.05, 0) is 82.9 Å². The molecular formula is C57H67N3O12S. The van der Waals surface area contributed by atoms with Gasteiger partial charge in [-0.15, -0.1) is 5.06 Å². The van der Waals surface area contributed by atoms with Crippen LogP contribution in [-0.4, -0.2) is 118 Å². The van der Waals surface area contributed by atoms with Crippen LogP contribution in [0, 0.1) is 0 Å². The second-order valence-electron chi connectivity index (χ2n) is 19.2. The van der Waals surface area contributed by atoms with Gasteiger partial charge in [-0.25, -0.2) is 13.2 Å². The Morgan fingerprint density at radius 2 is 1.48 bits per heavy atom. The van der Waals surface area contributed by atoms with Gasteiger partial charge in [0.05, 0.1) is 62.1 Å². The van der Waals surface area contributed by atoms with Crippen LogP contribution in [0.15, 0.2) is 120 Å². The SMILES string of the molecule is COCCOCCOCCOCCN1c2cc3c(cc2C(C)=CC1(C)C)/C(=C/C=C/C=C/C=C/C1=[N+](CCCCCC(=O)ON2C(=O)CCC2=O)c2ccc(S(=O)(=O)[O-])cc2C1(C)C)C=C(c1ccccc1)O3. The molecule has 4 aliphatic heterocycles. The summed E-state index contributed by atoms with van der Waals surface area (Å²) in [5.74, 6) is -0.183. The Bertz CT molecular complexity index is 2840. The molecule has 7 rings (SSSR count). The topological polar surface area (TPSA) is 173 Å². The summed E-state index contributed by atoms with van der Waals surface area (Å²) >= 11 is 0. The van der Waals surface area contributed by atoms with Gasteiger partial charge in [-0.3, -0.25) is 9.59 Å². The van der Waals surface area contributed by atoms with Crippen molar-refractivity contribution in [1.29, 1.82) is 0 Å². The molecule has 73 heavy (non-hydrogen) atoms. The Hall–Kier alpha value is -6.27. The maximum atomic E-state index is 12.4. The molecular weight excluding hydrogens is 951 g/mol. The zero-order valence-corrected chi connectivity index (χ0v) is 43.5. The summed E-state index contributed by atoms with van der Waals surface area (Å²) in [5.41, 5.74) is 7.79. The third-order valence-electron chi connectivity index (χ3n) is 13.2. The molecule has 1 fully saturated rings. The van der Waals surface area contributed by atoms with Gasteiger partial charge in [0.25, 0.3) is 11.8 Å². The number of anilines is 1.